The van der Waals surface area contributed by atoms with Gasteiger partial charge >= 0.3 is 0 Å². The Hall–Kier alpha value is -1.13. The predicted molar refractivity (Wildman–Crippen MR) is 75.8 cm³/mol. The standard InChI is InChI=1S/C14H25N3O/c1-5-15-14-10-13(6-7-16-14)11-17(12(2)3)8-9-18-4/h6-7,10,12H,5,8-9,11H2,1-4H3,(H,15,16). The monoisotopic (exact) mass is 251 g/mol. The van der Waals surface area contributed by atoms with Gasteiger partial charge in [-0.25, -0.2) is 4.98 Å². The molecule has 18 heavy (non-hydrogen) atoms. The summed E-state index contributed by atoms with van der Waals surface area (Å²) in [5.41, 5.74) is 1.28. The fraction of sp³-hybridized carbons (Fsp3) is 0.643. The van der Waals surface area contributed by atoms with E-state index in [1.54, 1.807) is 7.11 Å². The Morgan fingerprint density at radius 2 is 2.22 bits per heavy atom. The third-order valence-electron chi connectivity index (χ3n) is 2.88. The SMILES string of the molecule is CCNc1cc(CN(CCOC)C(C)C)ccn1. The van der Waals surface area contributed by atoms with E-state index in [1.165, 1.54) is 5.56 Å². The van der Waals surface area contributed by atoms with E-state index < -0.39 is 0 Å². The summed E-state index contributed by atoms with van der Waals surface area (Å²) in [5, 5.41) is 3.24. The highest BCUT2D eigenvalue weighted by Gasteiger charge is 2.10. The van der Waals surface area contributed by atoms with Gasteiger partial charge in [-0.1, -0.05) is 0 Å². The van der Waals surface area contributed by atoms with Gasteiger partial charge in [0, 0.05) is 39.0 Å². The number of rotatable bonds is 8. The van der Waals surface area contributed by atoms with Gasteiger partial charge in [-0.3, -0.25) is 4.90 Å². The minimum Gasteiger partial charge on any atom is -0.383 e. The minimum atomic E-state index is 0.510. The smallest absolute Gasteiger partial charge is 0.126 e. The Kier molecular flexibility index (Phi) is 6.68. The number of nitrogens with one attached hydrogen (secondary N) is 1. The van der Waals surface area contributed by atoms with E-state index in [-0.39, 0.29) is 0 Å². The molecule has 0 radical (unpaired) electrons. The highest BCUT2D eigenvalue weighted by molar-refractivity contribution is 5.37. The molecule has 1 N–H and O–H groups in total. The number of aromatic nitrogens is 1. The van der Waals surface area contributed by atoms with Gasteiger partial charge in [0.25, 0.3) is 0 Å². The molecule has 0 bridgehead atoms. The first-order valence-corrected chi connectivity index (χ1v) is 6.59. The van der Waals surface area contributed by atoms with Gasteiger partial charge in [0.05, 0.1) is 6.61 Å². The Balaban J connectivity index is 2.64. The zero-order valence-electron chi connectivity index (χ0n) is 11.9. The molecule has 0 aliphatic rings. The maximum absolute atomic E-state index is 5.16. The highest BCUT2D eigenvalue weighted by Crippen LogP contribution is 2.11. The first kappa shape index (κ1) is 14.9. The quantitative estimate of drug-likeness (QED) is 0.769. The number of hydrogen-bond donors (Lipinski definition) is 1. The molecule has 4 heteroatoms. The molecule has 1 aromatic rings. The number of pyridine rings is 1. The molecule has 0 unspecified atom stereocenters. The third-order valence-corrected chi connectivity index (χ3v) is 2.88. The van der Waals surface area contributed by atoms with Gasteiger partial charge in [-0.05, 0) is 38.5 Å². The van der Waals surface area contributed by atoms with Crippen LogP contribution in [0.15, 0.2) is 18.3 Å². The molecular weight excluding hydrogens is 226 g/mol. The van der Waals surface area contributed by atoms with Gasteiger partial charge in [-0.15, -0.1) is 0 Å². The average molecular weight is 251 g/mol. The molecule has 102 valence electrons. The fourth-order valence-electron chi connectivity index (χ4n) is 1.81. The molecule has 0 amide bonds. The van der Waals surface area contributed by atoms with Crippen molar-refractivity contribution in [1.29, 1.82) is 0 Å². The molecular formula is C14H25N3O. The second-order valence-corrected chi connectivity index (χ2v) is 4.64. The Bertz CT molecular complexity index is 342. The molecule has 0 saturated carbocycles. The summed E-state index contributed by atoms with van der Waals surface area (Å²) in [4.78, 5) is 6.69. The van der Waals surface area contributed by atoms with Crippen molar-refractivity contribution in [2.45, 2.75) is 33.4 Å². The second-order valence-electron chi connectivity index (χ2n) is 4.64. The summed E-state index contributed by atoms with van der Waals surface area (Å²) in [6.45, 7) is 10.0. The number of ether oxygens (including phenoxy) is 1. The highest BCUT2D eigenvalue weighted by atomic mass is 16.5. The van der Waals surface area contributed by atoms with Crippen LogP contribution in [0.1, 0.15) is 26.3 Å². The van der Waals surface area contributed by atoms with Crippen molar-refractivity contribution in [1.82, 2.24) is 9.88 Å². The molecule has 0 spiro atoms. The van der Waals surface area contributed by atoms with Gasteiger partial charge in [0.2, 0.25) is 0 Å². The predicted octanol–water partition coefficient (Wildman–Crippen LogP) is 2.37. The lowest BCUT2D eigenvalue weighted by Gasteiger charge is -2.26. The van der Waals surface area contributed by atoms with E-state index in [0.717, 1.165) is 32.1 Å². The van der Waals surface area contributed by atoms with E-state index in [1.807, 2.05) is 6.20 Å². The lowest BCUT2D eigenvalue weighted by molar-refractivity contribution is 0.125. The molecule has 0 aliphatic heterocycles. The van der Waals surface area contributed by atoms with Crippen LogP contribution in [0.5, 0.6) is 0 Å². The lowest BCUT2D eigenvalue weighted by Crippen LogP contribution is -2.33. The van der Waals surface area contributed by atoms with Crippen molar-refractivity contribution in [3.63, 3.8) is 0 Å². The van der Waals surface area contributed by atoms with Crippen molar-refractivity contribution in [2.75, 3.05) is 32.1 Å². The third kappa shape index (κ3) is 5.02. The van der Waals surface area contributed by atoms with Crippen molar-refractivity contribution in [2.24, 2.45) is 0 Å². The normalized spacial score (nSPS) is 11.2. The van der Waals surface area contributed by atoms with Crippen LogP contribution in [0.25, 0.3) is 0 Å². The molecule has 1 rings (SSSR count). The largest absolute Gasteiger partial charge is 0.383 e. The number of hydrogen-bond acceptors (Lipinski definition) is 4. The maximum Gasteiger partial charge on any atom is 0.126 e. The van der Waals surface area contributed by atoms with Gasteiger partial charge in [0.1, 0.15) is 5.82 Å². The van der Waals surface area contributed by atoms with Crippen molar-refractivity contribution in [3.05, 3.63) is 23.9 Å². The number of anilines is 1. The molecule has 4 nitrogen and oxygen atoms in total. The van der Waals surface area contributed by atoms with E-state index in [4.69, 9.17) is 4.74 Å². The molecule has 1 aromatic heterocycles. The molecule has 1 heterocycles. The Labute approximate surface area is 110 Å². The van der Waals surface area contributed by atoms with E-state index >= 15 is 0 Å². The van der Waals surface area contributed by atoms with Gasteiger partial charge < -0.3 is 10.1 Å². The van der Waals surface area contributed by atoms with E-state index in [2.05, 4.69) is 48.1 Å². The molecule has 0 saturated heterocycles. The second kappa shape index (κ2) is 8.06. The number of nitrogens with zero attached hydrogens (tertiary/aromatic N) is 2. The van der Waals surface area contributed by atoms with Gasteiger partial charge in [-0.2, -0.15) is 0 Å². The van der Waals surface area contributed by atoms with Crippen molar-refractivity contribution < 1.29 is 4.74 Å². The lowest BCUT2D eigenvalue weighted by atomic mass is 10.2. The van der Waals surface area contributed by atoms with Crippen molar-refractivity contribution >= 4 is 5.82 Å². The Morgan fingerprint density at radius 1 is 1.44 bits per heavy atom. The van der Waals surface area contributed by atoms with Crippen LogP contribution in [0.2, 0.25) is 0 Å². The first-order valence-electron chi connectivity index (χ1n) is 6.59. The molecule has 0 aliphatic carbocycles. The first-order chi connectivity index (χ1) is 8.67. The molecule has 0 atom stereocenters. The minimum absolute atomic E-state index is 0.510. The van der Waals surface area contributed by atoms with Crippen LogP contribution in [-0.4, -0.2) is 42.7 Å². The summed E-state index contributed by atoms with van der Waals surface area (Å²) >= 11 is 0. The zero-order chi connectivity index (χ0) is 13.4. The Morgan fingerprint density at radius 3 is 2.83 bits per heavy atom. The molecule has 0 fully saturated rings. The number of methoxy groups -OCH3 is 1. The summed E-state index contributed by atoms with van der Waals surface area (Å²) in [6.07, 6.45) is 1.86. The van der Waals surface area contributed by atoms with Gasteiger partial charge in [0.15, 0.2) is 0 Å². The van der Waals surface area contributed by atoms with Crippen LogP contribution < -0.4 is 5.32 Å². The van der Waals surface area contributed by atoms with E-state index in [0.29, 0.717) is 6.04 Å². The summed E-state index contributed by atoms with van der Waals surface area (Å²) < 4.78 is 5.16. The maximum atomic E-state index is 5.16. The molecule has 0 aromatic carbocycles. The zero-order valence-corrected chi connectivity index (χ0v) is 11.9. The van der Waals surface area contributed by atoms with Crippen LogP contribution in [-0.2, 0) is 11.3 Å². The van der Waals surface area contributed by atoms with Crippen LogP contribution in [0.3, 0.4) is 0 Å². The fourth-order valence-corrected chi connectivity index (χ4v) is 1.81. The average Bonchev–Trinajstić information content (AvgIpc) is 2.35. The van der Waals surface area contributed by atoms with E-state index in [9.17, 15) is 0 Å². The topological polar surface area (TPSA) is 37.4 Å². The summed E-state index contributed by atoms with van der Waals surface area (Å²) in [7, 11) is 1.74. The summed E-state index contributed by atoms with van der Waals surface area (Å²) in [6, 6.07) is 4.70. The van der Waals surface area contributed by atoms with Crippen LogP contribution in [0, 0.1) is 0 Å². The van der Waals surface area contributed by atoms with Crippen LogP contribution in [0.4, 0.5) is 5.82 Å². The summed E-state index contributed by atoms with van der Waals surface area (Å²) in [5.74, 6) is 0.949. The van der Waals surface area contributed by atoms with Crippen molar-refractivity contribution in [3.8, 4) is 0 Å². The van der Waals surface area contributed by atoms with Crippen LogP contribution >= 0.6 is 0 Å².